The number of hydrogen-bond donors (Lipinski definition) is 1. The number of methoxy groups -OCH3 is 1. The molecule has 1 fully saturated rings. The SMILES string of the molecule is COc1ccccc1N1C(=S)N[C@@H](c2ccccn2)[C@H]1c1cc(C)n(-c2cccc(Cl)c2Cl)c1C. The van der Waals surface area contributed by atoms with Gasteiger partial charge in [-0.25, -0.2) is 0 Å². The number of pyridine rings is 1. The Bertz CT molecular complexity index is 1410. The molecule has 1 saturated heterocycles. The van der Waals surface area contributed by atoms with E-state index in [1.54, 1.807) is 19.4 Å². The molecule has 2 aromatic heterocycles. The Morgan fingerprint density at radius 1 is 0.971 bits per heavy atom. The maximum Gasteiger partial charge on any atom is 0.174 e. The fourth-order valence-corrected chi connectivity index (χ4v) is 5.60. The minimum Gasteiger partial charge on any atom is -0.495 e. The fourth-order valence-electron chi connectivity index (χ4n) is 4.88. The highest BCUT2D eigenvalue weighted by atomic mass is 35.5. The number of ether oxygens (including phenoxy) is 1. The molecule has 8 heteroatoms. The summed E-state index contributed by atoms with van der Waals surface area (Å²) < 4.78 is 7.85. The number of hydrogen-bond acceptors (Lipinski definition) is 3. The third kappa shape index (κ3) is 4.05. The van der Waals surface area contributed by atoms with Crippen molar-refractivity contribution in [3.05, 3.63) is 106 Å². The number of halogens is 2. The van der Waals surface area contributed by atoms with Crippen molar-refractivity contribution in [3.63, 3.8) is 0 Å². The van der Waals surface area contributed by atoms with E-state index in [0.717, 1.165) is 39.8 Å². The van der Waals surface area contributed by atoms with Gasteiger partial charge in [0.1, 0.15) is 5.75 Å². The van der Waals surface area contributed by atoms with Crippen molar-refractivity contribution >= 4 is 46.2 Å². The van der Waals surface area contributed by atoms with Gasteiger partial charge in [-0.3, -0.25) is 4.98 Å². The van der Waals surface area contributed by atoms with Crippen molar-refractivity contribution in [2.24, 2.45) is 0 Å². The number of aromatic nitrogens is 2. The molecular weight excluding hydrogens is 499 g/mol. The smallest absolute Gasteiger partial charge is 0.174 e. The number of nitrogens with zero attached hydrogens (tertiary/aromatic N) is 3. The highest BCUT2D eigenvalue weighted by Gasteiger charge is 2.43. The number of anilines is 1. The molecule has 0 aliphatic carbocycles. The fraction of sp³-hybridized carbons (Fsp3) is 0.185. The van der Waals surface area contributed by atoms with Crippen LogP contribution in [0.2, 0.25) is 10.0 Å². The predicted molar refractivity (Wildman–Crippen MR) is 146 cm³/mol. The molecular formula is C27H24Cl2N4OS. The van der Waals surface area contributed by atoms with E-state index in [1.165, 1.54) is 0 Å². The quantitative estimate of drug-likeness (QED) is 0.286. The standard InChI is InChI=1S/C27H24Cl2N4OS/c1-16-15-18(17(2)32(16)22-12-8-9-19(28)24(22)29)26-25(20-10-6-7-14-30-20)31-27(35)33(26)21-11-4-5-13-23(21)34-3/h4-15,25-26H,1-3H3,(H,31,35)/t25-,26+/m0/s1. The zero-order valence-corrected chi connectivity index (χ0v) is 21.8. The summed E-state index contributed by atoms with van der Waals surface area (Å²) in [6, 6.07) is 21.3. The van der Waals surface area contributed by atoms with Crippen LogP contribution in [0.15, 0.2) is 72.9 Å². The molecule has 4 aromatic rings. The minimum atomic E-state index is -0.174. The van der Waals surface area contributed by atoms with E-state index >= 15 is 0 Å². The van der Waals surface area contributed by atoms with Crippen LogP contribution in [0.4, 0.5) is 5.69 Å². The highest BCUT2D eigenvalue weighted by Crippen LogP contribution is 2.46. The van der Waals surface area contributed by atoms with Gasteiger partial charge in [0.2, 0.25) is 0 Å². The first-order valence-corrected chi connectivity index (χ1v) is 12.4. The molecule has 2 atom stereocenters. The zero-order chi connectivity index (χ0) is 24.7. The van der Waals surface area contributed by atoms with E-state index in [1.807, 2.05) is 54.6 Å². The highest BCUT2D eigenvalue weighted by molar-refractivity contribution is 7.80. The van der Waals surface area contributed by atoms with Gasteiger partial charge in [0.25, 0.3) is 0 Å². The van der Waals surface area contributed by atoms with Crippen molar-refractivity contribution in [1.29, 1.82) is 0 Å². The lowest BCUT2D eigenvalue weighted by Crippen LogP contribution is -2.30. The average molecular weight is 523 g/mol. The van der Waals surface area contributed by atoms with Crippen LogP contribution in [-0.2, 0) is 0 Å². The zero-order valence-electron chi connectivity index (χ0n) is 19.5. The number of para-hydroxylation sites is 2. The van der Waals surface area contributed by atoms with Crippen molar-refractivity contribution in [1.82, 2.24) is 14.9 Å². The van der Waals surface area contributed by atoms with Gasteiger partial charge in [-0.05, 0) is 74.1 Å². The van der Waals surface area contributed by atoms with Gasteiger partial charge in [0.05, 0.1) is 46.3 Å². The Balaban J connectivity index is 1.72. The molecule has 1 N–H and O–H groups in total. The van der Waals surface area contributed by atoms with Crippen molar-refractivity contribution < 1.29 is 4.74 Å². The summed E-state index contributed by atoms with van der Waals surface area (Å²) >= 11 is 18.9. The van der Waals surface area contributed by atoms with Gasteiger partial charge in [-0.1, -0.05) is 47.5 Å². The third-order valence-corrected chi connectivity index (χ3v) is 7.53. The minimum absolute atomic E-state index is 0.169. The molecule has 178 valence electrons. The maximum absolute atomic E-state index is 6.63. The molecule has 5 nitrogen and oxygen atoms in total. The largest absolute Gasteiger partial charge is 0.495 e. The molecule has 0 bridgehead atoms. The Hall–Kier alpha value is -3.06. The summed E-state index contributed by atoms with van der Waals surface area (Å²) in [5, 5.41) is 5.17. The van der Waals surface area contributed by atoms with E-state index in [-0.39, 0.29) is 12.1 Å². The summed E-state index contributed by atoms with van der Waals surface area (Å²) in [5.41, 5.74) is 5.83. The van der Waals surface area contributed by atoms with Gasteiger partial charge in [0.15, 0.2) is 5.11 Å². The summed E-state index contributed by atoms with van der Waals surface area (Å²) in [7, 11) is 1.67. The summed E-state index contributed by atoms with van der Waals surface area (Å²) in [6.45, 7) is 4.16. The molecule has 3 heterocycles. The van der Waals surface area contributed by atoms with Crippen molar-refractivity contribution in [3.8, 4) is 11.4 Å². The molecule has 0 saturated carbocycles. The summed E-state index contributed by atoms with van der Waals surface area (Å²) in [4.78, 5) is 6.78. The molecule has 5 rings (SSSR count). The summed E-state index contributed by atoms with van der Waals surface area (Å²) in [5.74, 6) is 0.745. The number of rotatable bonds is 5. The van der Waals surface area contributed by atoms with Crippen LogP contribution in [0, 0.1) is 13.8 Å². The molecule has 1 aliphatic rings. The topological polar surface area (TPSA) is 42.3 Å². The average Bonchev–Trinajstić information content (AvgIpc) is 3.36. The monoisotopic (exact) mass is 522 g/mol. The normalized spacial score (nSPS) is 17.5. The Morgan fingerprint density at radius 2 is 1.71 bits per heavy atom. The van der Waals surface area contributed by atoms with Crippen LogP contribution in [0.1, 0.15) is 34.7 Å². The maximum atomic E-state index is 6.63. The van der Waals surface area contributed by atoms with Crippen molar-refractivity contribution in [2.75, 3.05) is 12.0 Å². The van der Waals surface area contributed by atoms with Gasteiger partial charge in [0, 0.05) is 17.6 Å². The number of aryl methyl sites for hydroxylation is 1. The lowest BCUT2D eigenvalue weighted by atomic mass is 9.96. The number of thiocarbonyl (C=S) groups is 1. The van der Waals surface area contributed by atoms with E-state index in [4.69, 9.17) is 40.2 Å². The molecule has 0 amide bonds. The first kappa shape index (κ1) is 23.7. The van der Waals surface area contributed by atoms with Crippen LogP contribution in [0.5, 0.6) is 5.75 Å². The molecule has 35 heavy (non-hydrogen) atoms. The lowest BCUT2D eigenvalue weighted by molar-refractivity contribution is 0.414. The van der Waals surface area contributed by atoms with Crippen LogP contribution in [0.25, 0.3) is 5.69 Å². The number of nitrogens with one attached hydrogen (secondary N) is 1. The van der Waals surface area contributed by atoms with E-state index in [2.05, 4.69) is 39.7 Å². The first-order valence-electron chi connectivity index (χ1n) is 11.2. The summed E-state index contributed by atoms with van der Waals surface area (Å²) in [6.07, 6.45) is 1.80. The van der Waals surface area contributed by atoms with Crippen LogP contribution in [0.3, 0.4) is 0 Å². The van der Waals surface area contributed by atoms with Crippen molar-refractivity contribution in [2.45, 2.75) is 25.9 Å². The molecule has 2 aromatic carbocycles. The second-order valence-corrected chi connectivity index (χ2v) is 9.58. The molecule has 0 unspecified atom stereocenters. The predicted octanol–water partition coefficient (Wildman–Crippen LogP) is 6.98. The Kier molecular flexibility index (Phi) is 6.45. The Labute approximate surface area is 220 Å². The van der Waals surface area contributed by atoms with E-state index in [0.29, 0.717) is 15.2 Å². The number of benzene rings is 2. The molecule has 1 aliphatic heterocycles. The van der Waals surface area contributed by atoms with Crippen LogP contribution in [-0.4, -0.2) is 21.8 Å². The van der Waals surface area contributed by atoms with Gasteiger partial charge < -0.3 is 19.5 Å². The second kappa shape index (κ2) is 9.53. The molecule has 0 radical (unpaired) electrons. The van der Waals surface area contributed by atoms with Crippen LogP contribution < -0.4 is 15.0 Å². The second-order valence-electron chi connectivity index (χ2n) is 8.40. The van der Waals surface area contributed by atoms with E-state index in [9.17, 15) is 0 Å². The molecule has 0 spiro atoms. The lowest BCUT2D eigenvalue weighted by Gasteiger charge is -2.29. The third-order valence-electron chi connectivity index (χ3n) is 6.40. The first-order chi connectivity index (χ1) is 16.9. The van der Waals surface area contributed by atoms with Crippen LogP contribution >= 0.6 is 35.4 Å². The Morgan fingerprint density at radius 3 is 2.46 bits per heavy atom. The van der Waals surface area contributed by atoms with Gasteiger partial charge in [-0.2, -0.15) is 0 Å². The van der Waals surface area contributed by atoms with Gasteiger partial charge in [-0.15, -0.1) is 0 Å². The van der Waals surface area contributed by atoms with E-state index < -0.39 is 0 Å². The van der Waals surface area contributed by atoms with Gasteiger partial charge >= 0.3 is 0 Å².